The highest BCUT2D eigenvalue weighted by molar-refractivity contribution is 7.92. The molecule has 0 bridgehead atoms. The van der Waals surface area contributed by atoms with Gasteiger partial charge in [-0.1, -0.05) is 170 Å². The standard InChI is InChI=1S/C58H35N3O2S/c62-64(63)53-23-11-8-20-46(53)56-54(64)31-30-49-55(56)45-19-7-10-22-48(45)58(49)47-21-9-6-18-43(47)41-16-4-5-17-42(41)44-29-28-39(33-50(44)58)52-34-51(37-13-2-1-3-14-37)60-57(61-52)38-26-24-36(25-27-38)40-15-12-32-59-35-40/h1-35H. The van der Waals surface area contributed by atoms with Crippen LogP contribution in [0.2, 0.25) is 0 Å². The van der Waals surface area contributed by atoms with Gasteiger partial charge in [0.05, 0.1) is 26.6 Å². The summed E-state index contributed by atoms with van der Waals surface area (Å²) < 4.78 is 28.6. The number of pyridine rings is 1. The second kappa shape index (κ2) is 13.7. The molecule has 0 saturated carbocycles. The molecule has 1 aliphatic heterocycles. The first-order chi connectivity index (χ1) is 31.5. The molecule has 5 nitrogen and oxygen atoms in total. The average molecular weight is 838 g/mol. The Morgan fingerprint density at radius 3 is 1.67 bits per heavy atom. The van der Waals surface area contributed by atoms with Gasteiger partial charge in [-0.05, 0) is 97.1 Å². The van der Waals surface area contributed by atoms with Crippen LogP contribution in [0.5, 0.6) is 0 Å². The molecule has 2 aliphatic carbocycles. The molecule has 2 aromatic heterocycles. The van der Waals surface area contributed by atoms with Crippen molar-refractivity contribution in [2.45, 2.75) is 15.2 Å². The van der Waals surface area contributed by atoms with Crippen molar-refractivity contribution in [2.24, 2.45) is 0 Å². The predicted octanol–water partition coefficient (Wildman–Crippen LogP) is 13.4. The maximum absolute atomic E-state index is 14.3. The summed E-state index contributed by atoms with van der Waals surface area (Å²) in [5.74, 6) is 0.626. The molecule has 0 radical (unpaired) electrons. The Hall–Kier alpha value is -8.06. The lowest BCUT2D eigenvalue weighted by Gasteiger charge is -2.35. The average Bonchev–Trinajstić information content (AvgIpc) is 3.75. The Morgan fingerprint density at radius 1 is 0.359 bits per heavy atom. The summed E-state index contributed by atoms with van der Waals surface area (Å²) in [4.78, 5) is 15.6. The molecule has 64 heavy (non-hydrogen) atoms. The largest absolute Gasteiger partial charge is 0.264 e. The Balaban J connectivity index is 1.11. The Labute approximate surface area is 371 Å². The molecule has 10 aromatic rings. The molecule has 0 saturated heterocycles. The van der Waals surface area contributed by atoms with E-state index >= 15 is 0 Å². The molecule has 8 aromatic carbocycles. The number of sulfone groups is 1. The van der Waals surface area contributed by atoms with Crippen LogP contribution in [0.25, 0.3) is 89.5 Å². The van der Waals surface area contributed by atoms with E-state index in [4.69, 9.17) is 9.97 Å². The minimum Gasteiger partial charge on any atom is -0.264 e. The van der Waals surface area contributed by atoms with Crippen LogP contribution >= 0.6 is 0 Å². The molecule has 1 spiro atoms. The quantitative estimate of drug-likeness (QED) is 0.177. The predicted molar refractivity (Wildman–Crippen MR) is 254 cm³/mol. The van der Waals surface area contributed by atoms with Gasteiger partial charge in [0.1, 0.15) is 0 Å². The molecule has 3 heterocycles. The minimum atomic E-state index is -3.73. The number of rotatable bonds is 4. The molecular formula is C58H35N3O2S. The van der Waals surface area contributed by atoms with Gasteiger partial charge in [-0.25, -0.2) is 18.4 Å². The van der Waals surface area contributed by atoms with Crippen LogP contribution in [0, 0.1) is 0 Å². The fourth-order valence-corrected chi connectivity index (χ4v) is 12.3. The van der Waals surface area contributed by atoms with Gasteiger partial charge in [-0.3, -0.25) is 4.98 Å². The van der Waals surface area contributed by atoms with E-state index in [1.807, 2.05) is 54.7 Å². The number of aromatic nitrogens is 3. The van der Waals surface area contributed by atoms with Gasteiger partial charge in [0.25, 0.3) is 0 Å². The van der Waals surface area contributed by atoms with Crippen LogP contribution in [0.15, 0.2) is 222 Å². The highest BCUT2D eigenvalue weighted by Gasteiger charge is 2.52. The Bertz CT molecular complexity index is 3680. The summed E-state index contributed by atoms with van der Waals surface area (Å²) in [7, 11) is -3.73. The first-order valence-electron chi connectivity index (χ1n) is 21.4. The molecule has 0 amide bonds. The van der Waals surface area contributed by atoms with Gasteiger partial charge in [0, 0.05) is 40.2 Å². The highest BCUT2D eigenvalue weighted by atomic mass is 32.2. The maximum atomic E-state index is 14.3. The van der Waals surface area contributed by atoms with Crippen LogP contribution in [0.1, 0.15) is 22.3 Å². The monoisotopic (exact) mass is 837 g/mol. The summed E-state index contributed by atoms with van der Waals surface area (Å²) in [6, 6.07) is 68.9. The van der Waals surface area contributed by atoms with Gasteiger partial charge >= 0.3 is 0 Å². The second-order valence-corrected chi connectivity index (χ2v) is 18.5. The normalized spacial score (nSPS) is 15.5. The third-order valence-electron chi connectivity index (χ3n) is 13.4. The van der Waals surface area contributed by atoms with Crippen LogP contribution in [0.4, 0.5) is 0 Å². The SMILES string of the molecule is O=S1(=O)c2ccccc2-c2c1ccc1c2-c2ccccc2C12c1ccccc1-c1ccccc1-c1ccc(-c3cc(-c4ccccc4)nc(-c4ccc(-c5cccnc5)cc4)n3)cc12. The minimum absolute atomic E-state index is 0.355. The molecule has 1 atom stereocenters. The molecule has 13 rings (SSSR count). The molecule has 6 heteroatoms. The zero-order valence-corrected chi connectivity index (χ0v) is 35.1. The summed E-state index contributed by atoms with van der Waals surface area (Å²) in [5.41, 5.74) is 18.2. The second-order valence-electron chi connectivity index (χ2n) is 16.7. The third kappa shape index (κ3) is 5.11. The number of benzene rings is 8. The van der Waals surface area contributed by atoms with E-state index in [9.17, 15) is 8.42 Å². The Morgan fingerprint density at radius 2 is 0.938 bits per heavy atom. The first kappa shape index (κ1) is 36.6. The zero-order valence-electron chi connectivity index (χ0n) is 34.3. The fraction of sp³-hybridized carbons (Fsp3) is 0.0172. The first-order valence-corrected chi connectivity index (χ1v) is 22.9. The van der Waals surface area contributed by atoms with E-state index in [-0.39, 0.29) is 0 Å². The number of fused-ring (bicyclic) bond motifs is 16. The summed E-state index contributed by atoms with van der Waals surface area (Å²) in [6.07, 6.45) is 3.66. The van der Waals surface area contributed by atoms with Crippen molar-refractivity contribution in [3.8, 4) is 89.5 Å². The van der Waals surface area contributed by atoms with Crippen molar-refractivity contribution in [3.63, 3.8) is 0 Å². The van der Waals surface area contributed by atoms with Gasteiger partial charge in [0.2, 0.25) is 9.84 Å². The Kier molecular flexibility index (Phi) is 7.84. The van der Waals surface area contributed by atoms with E-state index in [0.717, 1.165) is 106 Å². The maximum Gasteiger partial charge on any atom is 0.207 e. The van der Waals surface area contributed by atoms with Crippen molar-refractivity contribution < 1.29 is 8.42 Å². The smallest absolute Gasteiger partial charge is 0.207 e. The third-order valence-corrected chi connectivity index (χ3v) is 15.3. The molecular weight excluding hydrogens is 803 g/mol. The highest BCUT2D eigenvalue weighted by Crippen LogP contribution is 2.65. The van der Waals surface area contributed by atoms with Gasteiger partial charge in [-0.2, -0.15) is 0 Å². The molecule has 1 unspecified atom stereocenters. The van der Waals surface area contributed by atoms with E-state index < -0.39 is 15.3 Å². The molecule has 300 valence electrons. The van der Waals surface area contributed by atoms with Crippen molar-refractivity contribution >= 4 is 9.84 Å². The van der Waals surface area contributed by atoms with Crippen LogP contribution < -0.4 is 0 Å². The fourth-order valence-electron chi connectivity index (χ4n) is 10.7. The summed E-state index contributed by atoms with van der Waals surface area (Å²) in [6.45, 7) is 0. The summed E-state index contributed by atoms with van der Waals surface area (Å²) >= 11 is 0. The molecule has 0 fully saturated rings. The molecule has 0 N–H and O–H groups in total. The lowest BCUT2D eigenvalue weighted by molar-refractivity contribution is 0.598. The van der Waals surface area contributed by atoms with Crippen LogP contribution in [0.3, 0.4) is 0 Å². The van der Waals surface area contributed by atoms with Gasteiger partial charge < -0.3 is 0 Å². The van der Waals surface area contributed by atoms with E-state index in [2.05, 4.69) is 151 Å². The molecule has 3 aliphatic rings. The summed E-state index contributed by atoms with van der Waals surface area (Å²) in [5, 5.41) is 0. The van der Waals surface area contributed by atoms with Crippen molar-refractivity contribution in [1.29, 1.82) is 0 Å². The van der Waals surface area contributed by atoms with Crippen molar-refractivity contribution in [2.75, 3.05) is 0 Å². The zero-order chi connectivity index (χ0) is 42.6. The number of nitrogens with zero attached hydrogens (tertiary/aromatic N) is 3. The van der Waals surface area contributed by atoms with Crippen LogP contribution in [-0.2, 0) is 15.3 Å². The van der Waals surface area contributed by atoms with E-state index in [1.54, 1.807) is 12.3 Å². The van der Waals surface area contributed by atoms with E-state index in [1.165, 1.54) is 0 Å². The number of hydrogen-bond acceptors (Lipinski definition) is 5. The number of hydrogen-bond donors (Lipinski definition) is 0. The lowest BCUT2D eigenvalue weighted by Crippen LogP contribution is -2.29. The van der Waals surface area contributed by atoms with Crippen molar-refractivity contribution in [1.82, 2.24) is 15.0 Å². The van der Waals surface area contributed by atoms with Gasteiger partial charge in [0.15, 0.2) is 5.82 Å². The topological polar surface area (TPSA) is 72.8 Å². The van der Waals surface area contributed by atoms with Crippen LogP contribution in [-0.4, -0.2) is 23.4 Å². The lowest BCUT2D eigenvalue weighted by atomic mass is 9.65. The van der Waals surface area contributed by atoms with E-state index in [0.29, 0.717) is 15.6 Å². The van der Waals surface area contributed by atoms with Crippen molar-refractivity contribution in [3.05, 3.63) is 235 Å². The van der Waals surface area contributed by atoms with Gasteiger partial charge in [-0.15, -0.1) is 0 Å².